The first-order chi connectivity index (χ1) is 26.2. The molecule has 0 radical (unpaired) electrons. The molecule has 1 saturated heterocycles. The molecule has 10 atom stereocenters. The molecule has 1 aliphatic carbocycles. The van der Waals surface area contributed by atoms with E-state index in [0.717, 1.165) is 16.7 Å². The highest BCUT2D eigenvalue weighted by molar-refractivity contribution is 5.75. The minimum atomic E-state index is -1.41. The molecule has 54 heavy (non-hydrogen) atoms. The molecule has 3 aliphatic rings. The minimum absolute atomic E-state index is 0.0232. The number of ether oxygens (including phenoxy) is 8. The van der Waals surface area contributed by atoms with E-state index in [0.29, 0.717) is 12.6 Å². The van der Waals surface area contributed by atoms with E-state index in [4.69, 9.17) is 42.9 Å². The summed E-state index contributed by atoms with van der Waals surface area (Å²) < 4.78 is 49.1. The number of nitrogens with zero attached hydrogens (tertiary/aromatic N) is 2. The maximum Gasteiger partial charge on any atom is 0.407 e. The van der Waals surface area contributed by atoms with Crippen LogP contribution in [0.25, 0.3) is 0 Å². The number of aliphatic imine (C=N–C) groups is 1. The number of amidine groups is 1. The van der Waals surface area contributed by atoms with Crippen molar-refractivity contribution in [3.05, 3.63) is 108 Å². The number of amides is 1. The van der Waals surface area contributed by atoms with Gasteiger partial charge in [0, 0.05) is 28.1 Å². The van der Waals surface area contributed by atoms with Gasteiger partial charge in [0.1, 0.15) is 43.1 Å². The van der Waals surface area contributed by atoms with Crippen LogP contribution in [0, 0.1) is 5.92 Å². The summed E-state index contributed by atoms with van der Waals surface area (Å²) in [5.74, 6) is -1.10. The molecule has 2 aliphatic heterocycles. The summed E-state index contributed by atoms with van der Waals surface area (Å²) >= 11 is 0. The van der Waals surface area contributed by atoms with Crippen molar-refractivity contribution in [2.75, 3.05) is 34.4 Å². The van der Waals surface area contributed by atoms with Crippen molar-refractivity contribution >= 4 is 18.1 Å². The molecule has 290 valence electrons. The molecule has 2 N–H and O–H groups in total. The summed E-state index contributed by atoms with van der Waals surface area (Å²) in [6.07, 6.45) is -7.71. The third-order valence-electron chi connectivity index (χ3n) is 9.58. The zero-order valence-corrected chi connectivity index (χ0v) is 30.9. The standard InChI is InChI=1S/C40H49N3O11/c1-25(44)51-36-32(42-40(46)50-22-28-18-12-7-13-19-28)38(52-30(33(36)45)24-49-21-27-16-10-6-11-17-27)53-35-29(23-48-20-26-14-8-5-9-15-26)34-31(37(35)47-4)41-39(54-34)43(2)3/h5-19,29-38,45H,20-24H2,1-4H3,(H,42,46)/t29?,30?,31?,32?,33-,34?,35-,36?,37?,38+/m1/s1. The quantitative estimate of drug-likeness (QED) is 0.219. The van der Waals surface area contributed by atoms with Crippen molar-refractivity contribution in [1.82, 2.24) is 10.2 Å². The average molecular weight is 748 g/mol. The first-order valence-electron chi connectivity index (χ1n) is 18.0. The molecule has 3 aromatic rings. The van der Waals surface area contributed by atoms with Crippen LogP contribution >= 0.6 is 0 Å². The molecule has 1 saturated carbocycles. The van der Waals surface area contributed by atoms with Crippen molar-refractivity contribution in [3.63, 3.8) is 0 Å². The van der Waals surface area contributed by atoms with Crippen LogP contribution in [0.15, 0.2) is 96.0 Å². The molecule has 7 unspecified atom stereocenters. The second-order valence-electron chi connectivity index (χ2n) is 13.7. The van der Waals surface area contributed by atoms with Crippen LogP contribution in [0.3, 0.4) is 0 Å². The molecule has 2 fully saturated rings. The van der Waals surface area contributed by atoms with Gasteiger partial charge in [0.15, 0.2) is 12.4 Å². The maximum atomic E-state index is 13.4. The van der Waals surface area contributed by atoms with Gasteiger partial charge in [0.05, 0.1) is 38.4 Å². The van der Waals surface area contributed by atoms with Gasteiger partial charge in [0.25, 0.3) is 6.02 Å². The van der Waals surface area contributed by atoms with Gasteiger partial charge in [-0.25, -0.2) is 9.79 Å². The average Bonchev–Trinajstić information content (AvgIpc) is 3.72. The Kier molecular flexibility index (Phi) is 13.5. The lowest BCUT2D eigenvalue weighted by Gasteiger charge is -2.45. The lowest BCUT2D eigenvalue weighted by atomic mass is 9.96. The Morgan fingerprint density at radius 1 is 0.815 bits per heavy atom. The zero-order valence-electron chi connectivity index (χ0n) is 30.9. The Labute approximate surface area is 315 Å². The number of fused-ring (bicyclic) bond motifs is 1. The summed E-state index contributed by atoms with van der Waals surface area (Å²) in [7, 11) is 5.26. The van der Waals surface area contributed by atoms with Crippen molar-refractivity contribution in [2.45, 2.75) is 81.7 Å². The fourth-order valence-electron chi connectivity index (χ4n) is 6.98. The predicted molar refractivity (Wildman–Crippen MR) is 195 cm³/mol. The van der Waals surface area contributed by atoms with Gasteiger partial charge in [-0.2, -0.15) is 0 Å². The minimum Gasteiger partial charge on any atom is -0.459 e. The summed E-state index contributed by atoms with van der Waals surface area (Å²) in [6, 6.07) is 27.3. The Morgan fingerprint density at radius 3 is 1.94 bits per heavy atom. The Balaban J connectivity index is 1.27. The number of carbonyl (C=O) groups excluding carboxylic acids is 2. The van der Waals surface area contributed by atoms with Gasteiger partial charge in [-0.15, -0.1) is 0 Å². The van der Waals surface area contributed by atoms with Crippen molar-refractivity contribution in [3.8, 4) is 0 Å². The molecule has 0 aromatic heterocycles. The Hall–Kier alpha value is -4.57. The smallest absolute Gasteiger partial charge is 0.407 e. The number of aliphatic hydroxyl groups is 1. The number of alkyl carbamates (subject to hydrolysis) is 1. The maximum absolute atomic E-state index is 13.4. The van der Waals surface area contributed by atoms with Gasteiger partial charge >= 0.3 is 12.1 Å². The normalized spacial score (nSPS) is 28.7. The van der Waals surface area contributed by atoms with E-state index in [1.54, 1.807) is 12.0 Å². The third kappa shape index (κ3) is 9.75. The highest BCUT2D eigenvalue weighted by atomic mass is 16.7. The number of nitrogens with one attached hydrogen (secondary N) is 1. The number of methoxy groups -OCH3 is 1. The van der Waals surface area contributed by atoms with E-state index in [9.17, 15) is 14.7 Å². The van der Waals surface area contributed by atoms with Crippen LogP contribution in [0.2, 0.25) is 0 Å². The molecular weight excluding hydrogens is 698 g/mol. The van der Waals surface area contributed by atoms with Crippen LogP contribution in [0.1, 0.15) is 23.6 Å². The number of benzene rings is 3. The van der Waals surface area contributed by atoms with E-state index in [1.165, 1.54) is 6.92 Å². The van der Waals surface area contributed by atoms with Crippen LogP contribution in [0.5, 0.6) is 0 Å². The molecule has 14 heteroatoms. The number of rotatable bonds is 15. The van der Waals surface area contributed by atoms with Crippen molar-refractivity contribution < 1.29 is 52.6 Å². The third-order valence-corrected chi connectivity index (χ3v) is 9.58. The molecule has 6 rings (SSSR count). The second-order valence-corrected chi connectivity index (χ2v) is 13.7. The van der Waals surface area contributed by atoms with E-state index >= 15 is 0 Å². The van der Waals surface area contributed by atoms with E-state index in [1.807, 2.05) is 105 Å². The van der Waals surface area contributed by atoms with E-state index < -0.39 is 73.0 Å². The molecule has 0 spiro atoms. The van der Waals surface area contributed by atoms with Gasteiger partial charge in [-0.1, -0.05) is 91.0 Å². The SMILES string of the molecule is COC1C2N=C(N(C)C)OC2C(COCc2ccccc2)[C@H]1O[C@@H]1OC(COCc2ccccc2)[C@@H](O)C(OC(C)=O)C1NC(=O)OCc1ccccc1. The molecule has 2 heterocycles. The van der Waals surface area contributed by atoms with Gasteiger partial charge < -0.3 is 53.2 Å². The Bertz CT molecular complexity index is 1670. The molecule has 14 nitrogen and oxygen atoms in total. The summed E-state index contributed by atoms with van der Waals surface area (Å²) in [5.41, 5.74) is 2.68. The van der Waals surface area contributed by atoms with Gasteiger partial charge in [-0.3, -0.25) is 4.79 Å². The number of hydrogen-bond donors (Lipinski definition) is 2. The van der Waals surface area contributed by atoms with Crippen LogP contribution < -0.4 is 5.32 Å². The fraction of sp³-hybridized carbons (Fsp3) is 0.475. The highest BCUT2D eigenvalue weighted by Crippen LogP contribution is 2.41. The summed E-state index contributed by atoms with van der Waals surface area (Å²) in [4.78, 5) is 32.5. The summed E-state index contributed by atoms with van der Waals surface area (Å²) in [6.45, 7) is 1.92. The zero-order chi connectivity index (χ0) is 38.0. The topological polar surface area (TPSA) is 156 Å². The number of esters is 1. The molecular formula is C40H49N3O11. The van der Waals surface area contributed by atoms with E-state index in [-0.39, 0.29) is 26.4 Å². The van der Waals surface area contributed by atoms with Crippen molar-refractivity contribution in [2.24, 2.45) is 10.9 Å². The number of carbonyl (C=O) groups is 2. The van der Waals surface area contributed by atoms with Gasteiger partial charge in [0.2, 0.25) is 0 Å². The predicted octanol–water partition coefficient (Wildman–Crippen LogP) is 3.45. The van der Waals surface area contributed by atoms with Crippen LogP contribution in [-0.4, -0.2) is 118 Å². The number of aliphatic hydroxyl groups excluding tert-OH is 1. The van der Waals surface area contributed by atoms with Crippen LogP contribution in [0.4, 0.5) is 4.79 Å². The molecule has 0 bridgehead atoms. The molecule has 1 amide bonds. The lowest BCUT2D eigenvalue weighted by Crippen LogP contribution is -2.66. The van der Waals surface area contributed by atoms with Gasteiger partial charge in [-0.05, 0) is 16.7 Å². The fourth-order valence-corrected chi connectivity index (χ4v) is 6.98. The van der Waals surface area contributed by atoms with Crippen LogP contribution in [-0.2, 0) is 62.5 Å². The summed E-state index contributed by atoms with van der Waals surface area (Å²) in [5, 5.41) is 14.4. The second kappa shape index (κ2) is 18.7. The molecule has 3 aromatic carbocycles. The van der Waals surface area contributed by atoms with Crippen molar-refractivity contribution in [1.29, 1.82) is 0 Å². The lowest BCUT2D eigenvalue weighted by molar-refractivity contribution is -0.296. The Morgan fingerprint density at radius 2 is 1.39 bits per heavy atom. The number of hydrogen-bond acceptors (Lipinski definition) is 13. The van der Waals surface area contributed by atoms with E-state index in [2.05, 4.69) is 5.32 Å². The first kappa shape index (κ1) is 39.1. The largest absolute Gasteiger partial charge is 0.459 e. The highest BCUT2D eigenvalue weighted by Gasteiger charge is 2.59. The first-order valence-corrected chi connectivity index (χ1v) is 18.0. The monoisotopic (exact) mass is 747 g/mol.